The maximum atomic E-state index is 12.6. The minimum Gasteiger partial charge on any atom is -0.497 e. The summed E-state index contributed by atoms with van der Waals surface area (Å²) in [4.78, 5) is 27.7. The molecule has 0 radical (unpaired) electrons. The average Bonchev–Trinajstić information content (AvgIpc) is 2.94. The van der Waals surface area contributed by atoms with Crippen molar-refractivity contribution in [2.24, 2.45) is 11.3 Å². The first-order valence-corrected chi connectivity index (χ1v) is 12.7. The molecular formula is C27H40ClNO3. The first-order chi connectivity index (χ1) is 15.1. The van der Waals surface area contributed by atoms with Crippen molar-refractivity contribution in [1.82, 2.24) is 4.90 Å². The standard InChI is InChI=1S/C27H40ClNO3/c1-27(2,3)12-6-8-24(30)18-29-22-10-11-23(29)14-19(13-22)7-5-9-26(31)20-15-21(28)17-25(16-20)32-4/h15-17,19,22-23H,5-14,18H2,1-4H3/t19-,22-,23+. The van der Waals surface area contributed by atoms with Gasteiger partial charge in [0.25, 0.3) is 0 Å². The van der Waals surface area contributed by atoms with Crippen LogP contribution < -0.4 is 4.74 Å². The van der Waals surface area contributed by atoms with Crippen molar-refractivity contribution in [3.8, 4) is 5.75 Å². The fourth-order valence-electron chi connectivity index (χ4n) is 5.52. The van der Waals surface area contributed by atoms with Crippen molar-refractivity contribution in [1.29, 1.82) is 0 Å². The Morgan fingerprint density at radius 3 is 2.38 bits per heavy atom. The molecule has 0 N–H and O–H groups in total. The van der Waals surface area contributed by atoms with Crippen molar-refractivity contribution >= 4 is 23.2 Å². The summed E-state index contributed by atoms with van der Waals surface area (Å²) in [6.45, 7) is 7.35. The van der Waals surface area contributed by atoms with Crippen molar-refractivity contribution in [2.45, 2.75) is 97.1 Å². The number of piperidine rings is 1. The van der Waals surface area contributed by atoms with Gasteiger partial charge in [-0.3, -0.25) is 14.5 Å². The molecule has 2 saturated heterocycles. The van der Waals surface area contributed by atoms with E-state index in [1.807, 2.05) is 0 Å². The molecule has 32 heavy (non-hydrogen) atoms. The third-order valence-electron chi connectivity index (χ3n) is 7.17. The Morgan fingerprint density at radius 2 is 1.75 bits per heavy atom. The van der Waals surface area contributed by atoms with Gasteiger partial charge in [0.15, 0.2) is 5.78 Å². The number of fused-ring (bicyclic) bond motifs is 2. The highest BCUT2D eigenvalue weighted by Crippen LogP contribution is 2.40. The van der Waals surface area contributed by atoms with Crippen LogP contribution in [0.5, 0.6) is 5.75 Å². The van der Waals surface area contributed by atoms with Gasteiger partial charge >= 0.3 is 0 Å². The third kappa shape index (κ3) is 7.31. The molecule has 3 atom stereocenters. The number of Topliss-reactive ketones (excluding diaryl/α,β-unsaturated/α-hetero) is 2. The number of carbonyl (C=O) groups excluding carboxylic acids is 2. The van der Waals surface area contributed by atoms with Crippen molar-refractivity contribution < 1.29 is 14.3 Å². The highest BCUT2D eigenvalue weighted by atomic mass is 35.5. The molecule has 2 heterocycles. The minimum atomic E-state index is 0.132. The second-order valence-electron chi connectivity index (χ2n) is 11.0. The Balaban J connectivity index is 1.41. The first kappa shape index (κ1) is 25.2. The Kier molecular flexibility index (Phi) is 8.80. The van der Waals surface area contributed by atoms with Gasteiger partial charge in [-0.2, -0.15) is 0 Å². The number of hydrogen-bond acceptors (Lipinski definition) is 4. The molecule has 0 aromatic heterocycles. The van der Waals surface area contributed by atoms with Crippen LogP contribution in [-0.4, -0.2) is 42.2 Å². The van der Waals surface area contributed by atoms with E-state index in [1.165, 1.54) is 25.7 Å². The molecule has 2 fully saturated rings. The molecule has 3 rings (SSSR count). The molecule has 5 heteroatoms. The molecule has 0 unspecified atom stereocenters. The molecule has 0 saturated carbocycles. The number of ketones is 2. The van der Waals surface area contributed by atoms with Crippen molar-refractivity contribution in [2.75, 3.05) is 13.7 Å². The minimum absolute atomic E-state index is 0.132. The van der Waals surface area contributed by atoms with E-state index in [0.717, 1.165) is 25.7 Å². The van der Waals surface area contributed by atoms with E-state index in [0.29, 0.717) is 64.9 Å². The van der Waals surface area contributed by atoms with Gasteiger partial charge in [-0.1, -0.05) is 32.4 Å². The van der Waals surface area contributed by atoms with Gasteiger partial charge in [-0.05, 0) is 80.9 Å². The number of methoxy groups -OCH3 is 1. The van der Waals surface area contributed by atoms with E-state index in [-0.39, 0.29) is 5.78 Å². The maximum Gasteiger partial charge on any atom is 0.163 e. The molecule has 1 aromatic carbocycles. The van der Waals surface area contributed by atoms with E-state index in [4.69, 9.17) is 16.3 Å². The van der Waals surface area contributed by atoms with Crippen LogP contribution >= 0.6 is 11.6 Å². The molecule has 0 aliphatic carbocycles. The molecule has 0 spiro atoms. The Hall–Kier alpha value is -1.39. The third-order valence-corrected chi connectivity index (χ3v) is 7.39. The number of benzene rings is 1. The number of halogens is 1. The highest BCUT2D eigenvalue weighted by Gasteiger charge is 2.40. The summed E-state index contributed by atoms with van der Waals surface area (Å²) in [5, 5.41) is 0.532. The van der Waals surface area contributed by atoms with Crippen LogP contribution in [-0.2, 0) is 4.79 Å². The largest absolute Gasteiger partial charge is 0.497 e. The normalized spacial score (nSPS) is 23.3. The van der Waals surface area contributed by atoms with E-state index < -0.39 is 0 Å². The second kappa shape index (κ2) is 11.2. The van der Waals surface area contributed by atoms with Crippen LogP contribution in [0.4, 0.5) is 0 Å². The SMILES string of the molecule is COc1cc(Cl)cc(C(=O)CCC[C@@H]2C[C@H]3CC[C@@H](C2)N3CC(=O)CCCC(C)(C)C)c1. The van der Waals surface area contributed by atoms with Crippen molar-refractivity contribution in [3.63, 3.8) is 0 Å². The average molecular weight is 462 g/mol. The monoisotopic (exact) mass is 461 g/mol. The molecule has 2 bridgehead atoms. The lowest BCUT2D eigenvalue weighted by Crippen LogP contribution is -2.45. The quantitative estimate of drug-likeness (QED) is 0.343. The van der Waals surface area contributed by atoms with Gasteiger partial charge in [0.2, 0.25) is 0 Å². The smallest absolute Gasteiger partial charge is 0.163 e. The van der Waals surface area contributed by atoms with Gasteiger partial charge in [0.1, 0.15) is 11.5 Å². The molecule has 2 aliphatic heterocycles. The summed E-state index contributed by atoms with van der Waals surface area (Å²) in [7, 11) is 1.58. The molecule has 0 amide bonds. The Morgan fingerprint density at radius 1 is 1.06 bits per heavy atom. The molecule has 4 nitrogen and oxygen atoms in total. The fraction of sp³-hybridized carbons (Fsp3) is 0.704. The number of nitrogens with zero attached hydrogens (tertiary/aromatic N) is 1. The van der Waals surface area contributed by atoms with Gasteiger partial charge in [-0.25, -0.2) is 0 Å². The summed E-state index contributed by atoms with van der Waals surface area (Å²) < 4.78 is 5.22. The molecule has 1 aromatic rings. The Labute approximate surface area is 199 Å². The Bertz CT molecular complexity index is 787. The predicted octanol–water partition coefficient (Wildman–Crippen LogP) is 6.73. The summed E-state index contributed by atoms with van der Waals surface area (Å²) in [6.07, 6.45) is 10.1. The summed E-state index contributed by atoms with van der Waals surface area (Å²) in [6, 6.07) is 6.32. The summed E-state index contributed by atoms with van der Waals surface area (Å²) >= 11 is 6.10. The highest BCUT2D eigenvalue weighted by molar-refractivity contribution is 6.31. The first-order valence-electron chi connectivity index (χ1n) is 12.3. The maximum absolute atomic E-state index is 12.6. The van der Waals surface area contributed by atoms with Crippen molar-refractivity contribution in [3.05, 3.63) is 28.8 Å². The van der Waals surface area contributed by atoms with Crippen LogP contribution in [0.2, 0.25) is 5.02 Å². The van der Waals surface area contributed by atoms with Gasteiger partial charge in [0, 0.05) is 35.5 Å². The number of ether oxygens (including phenoxy) is 1. The van der Waals surface area contributed by atoms with Gasteiger partial charge < -0.3 is 4.74 Å². The van der Waals surface area contributed by atoms with Gasteiger partial charge in [0.05, 0.1) is 13.7 Å². The van der Waals surface area contributed by atoms with Crippen LogP contribution in [0, 0.1) is 11.3 Å². The predicted molar refractivity (Wildman–Crippen MR) is 131 cm³/mol. The molecule has 2 aliphatic rings. The second-order valence-corrected chi connectivity index (χ2v) is 11.5. The van der Waals surface area contributed by atoms with Crippen LogP contribution in [0.25, 0.3) is 0 Å². The lowest BCUT2D eigenvalue weighted by atomic mass is 9.86. The number of carbonyl (C=O) groups is 2. The van der Waals surface area contributed by atoms with Crippen LogP contribution in [0.1, 0.15) is 95.3 Å². The lowest BCUT2D eigenvalue weighted by molar-refractivity contribution is -0.121. The summed E-state index contributed by atoms with van der Waals surface area (Å²) in [5.41, 5.74) is 0.937. The lowest BCUT2D eigenvalue weighted by Gasteiger charge is -2.38. The van der Waals surface area contributed by atoms with Crippen LogP contribution in [0.3, 0.4) is 0 Å². The summed E-state index contributed by atoms with van der Waals surface area (Å²) in [5.74, 6) is 1.83. The van der Waals surface area contributed by atoms with Gasteiger partial charge in [-0.15, -0.1) is 0 Å². The molecular weight excluding hydrogens is 422 g/mol. The van der Waals surface area contributed by atoms with E-state index in [1.54, 1.807) is 25.3 Å². The van der Waals surface area contributed by atoms with E-state index >= 15 is 0 Å². The zero-order valence-electron chi connectivity index (χ0n) is 20.3. The van der Waals surface area contributed by atoms with E-state index in [2.05, 4.69) is 25.7 Å². The zero-order chi connectivity index (χ0) is 23.3. The molecule has 178 valence electrons. The number of rotatable bonds is 11. The zero-order valence-corrected chi connectivity index (χ0v) is 21.0. The van der Waals surface area contributed by atoms with Crippen LogP contribution in [0.15, 0.2) is 18.2 Å². The van der Waals surface area contributed by atoms with E-state index in [9.17, 15) is 9.59 Å². The fourth-order valence-corrected chi connectivity index (χ4v) is 5.74. The number of hydrogen-bond donors (Lipinski definition) is 0. The topological polar surface area (TPSA) is 46.6 Å².